The van der Waals surface area contributed by atoms with Gasteiger partial charge in [-0.2, -0.15) is 13.2 Å². The van der Waals surface area contributed by atoms with Gasteiger partial charge in [0.25, 0.3) is 15.9 Å². The average molecular weight is 364 g/mol. The molecule has 0 aliphatic rings. The van der Waals surface area contributed by atoms with E-state index in [-0.39, 0.29) is 15.5 Å². The Morgan fingerprint density at radius 3 is 2.43 bits per heavy atom. The first-order valence-electron chi connectivity index (χ1n) is 6.11. The van der Waals surface area contributed by atoms with Gasteiger partial charge in [-0.15, -0.1) is 11.3 Å². The Morgan fingerprint density at radius 1 is 1.26 bits per heavy atom. The van der Waals surface area contributed by atoms with Gasteiger partial charge in [0.15, 0.2) is 0 Å². The molecular formula is C13H11F3N2O3S2. The molecule has 1 aromatic carbocycles. The van der Waals surface area contributed by atoms with Crippen LogP contribution < -0.4 is 10.5 Å². The molecule has 0 saturated heterocycles. The summed E-state index contributed by atoms with van der Waals surface area (Å²) in [7, 11) is -4.13. The van der Waals surface area contributed by atoms with Crippen LogP contribution >= 0.6 is 11.3 Å². The van der Waals surface area contributed by atoms with E-state index in [1.165, 1.54) is 13.0 Å². The molecular weight excluding hydrogens is 353 g/mol. The van der Waals surface area contributed by atoms with Crippen molar-refractivity contribution < 1.29 is 26.4 Å². The predicted octanol–water partition coefficient (Wildman–Crippen LogP) is 2.98. The van der Waals surface area contributed by atoms with E-state index in [0.717, 1.165) is 29.5 Å². The second-order valence-electron chi connectivity index (χ2n) is 4.58. The van der Waals surface area contributed by atoms with Gasteiger partial charge in [-0.25, -0.2) is 8.42 Å². The number of hydrogen-bond acceptors (Lipinski definition) is 4. The maximum atomic E-state index is 12.7. The molecule has 2 aromatic rings. The van der Waals surface area contributed by atoms with Gasteiger partial charge in [-0.1, -0.05) is 6.07 Å². The number of hydrogen-bond donors (Lipinski definition) is 2. The number of benzene rings is 1. The zero-order chi connectivity index (χ0) is 17.4. The van der Waals surface area contributed by atoms with Crippen molar-refractivity contribution in [1.29, 1.82) is 0 Å². The Bertz CT molecular complexity index is 858. The molecule has 1 heterocycles. The fraction of sp³-hybridized carbons (Fsp3) is 0.154. The summed E-state index contributed by atoms with van der Waals surface area (Å²) < 4.78 is 64.6. The number of amides is 1. The molecule has 2 rings (SSSR count). The van der Waals surface area contributed by atoms with Gasteiger partial charge in [-0.05, 0) is 31.2 Å². The zero-order valence-corrected chi connectivity index (χ0v) is 13.3. The van der Waals surface area contributed by atoms with Gasteiger partial charge in [-0.3, -0.25) is 9.52 Å². The van der Waals surface area contributed by atoms with Crippen LogP contribution in [0.1, 0.15) is 20.1 Å². The van der Waals surface area contributed by atoms with E-state index in [4.69, 9.17) is 5.73 Å². The van der Waals surface area contributed by atoms with Crippen molar-refractivity contribution in [2.75, 3.05) is 4.72 Å². The van der Waals surface area contributed by atoms with E-state index < -0.39 is 27.7 Å². The molecule has 0 aliphatic carbocycles. The summed E-state index contributed by atoms with van der Waals surface area (Å²) in [6, 6.07) is 4.91. The van der Waals surface area contributed by atoms with Crippen molar-refractivity contribution in [3.05, 3.63) is 45.6 Å². The Hall–Kier alpha value is -2.07. The third-order valence-electron chi connectivity index (χ3n) is 2.85. The Balaban J connectivity index is 2.37. The highest BCUT2D eigenvalue weighted by molar-refractivity contribution is 7.93. The highest BCUT2D eigenvalue weighted by Gasteiger charge is 2.31. The number of nitrogens with one attached hydrogen (secondary N) is 1. The highest BCUT2D eigenvalue weighted by atomic mass is 32.2. The Labute approximate surface area is 134 Å². The van der Waals surface area contributed by atoms with Crippen LogP contribution in [0.2, 0.25) is 0 Å². The van der Waals surface area contributed by atoms with E-state index in [1.54, 1.807) is 0 Å². The molecule has 0 radical (unpaired) electrons. The van der Waals surface area contributed by atoms with Gasteiger partial charge < -0.3 is 5.73 Å². The van der Waals surface area contributed by atoms with E-state index in [1.807, 2.05) is 0 Å². The highest BCUT2D eigenvalue weighted by Crippen LogP contribution is 2.32. The number of nitrogens with two attached hydrogens (primary N) is 1. The smallest absolute Gasteiger partial charge is 0.365 e. The summed E-state index contributed by atoms with van der Waals surface area (Å²) in [5.74, 6) is -0.779. The molecule has 1 amide bonds. The van der Waals surface area contributed by atoms with Crippen molar-refractivity contribution in [3.8, 4) is 0 Å². The van der Waals surface area contributed by atoms with Crippen LogP contribution in [0, 0.1) is 6.92 Å². The maximum absolute atomic E-state index is 12.7. The van der Waals surface area contributed by atoms with Crippen LogP contribution in [-0.4, -0.2) is 14.3 Å². The molecule has 0 atom stereocenters. The van der Waals surface area contributed by atoms with Crippen LogP contribution in [-0.2, 0) is 16.2 Å². The molecule has 0 spiro atoms. The van der Waals surface area contributed by atoms with E-state index in [0.29, 0.717) is 10.9 Å². The minimum absolute atomic E-state index is 0.0481. The minimum Gasteiger partial charge on any atom is -0.365 e. The molecule has 3 N–H and O–H groups in total. The summed E-state index contributed by atoms with van der Waals surface area (Å²) >= 11 is 0.894. The van der Waals surface area contributed by atoms with Crippen LogP contribution in [0.15, 0.2) is 35.2 Å². The molecule has 124 valence electrons. The van der Waals surface area contributed by atoms with E-state index in [2.05, 4.69) is 4.72 Å². The Kier molecular flexibility index (Phi) is 4.40. The lowest BCUT2D eigenvalue weighted by atomic mass is 10.2. The molecule has 0 saturated carbocycles. The van der Waals surface area contributed by atoms with Gasteiger partial charge in [0.2, 0.25) is 0 Å². The third-order valence-corrected chi connectivity index (χ3v) is 5.55. The number of sulfonamides is 1. The topological polar surface area (TPSA) is 89.3 Å². The first-order chi connectivity index (χ1) is 10.5. The van der Waals surface area contributed by atoms with Crippen molar-refractivity contribution in [2.24, 2.45) is 5.73 Å². The quantitative estimate of drug-likeness (QED) is 0.874. The molecule has 10 heteroatoms. The monoisotopic (exact) mass is 364 g/mol. The summed E-state index contributed by atoms with van der Waals surface area (Å²) in [5, 5.41) is 0. The van der Waals surface area contributed by atoms with E-state index >= 15 is 0 Å². The lowest BCUT2D eigenvalue weighted by Crippen LogP contribution is -2.14. The van der Waals surface area contributed by atoms with Gasteiger partial charge in [0, 0.05) is 10.6 Å². The van der Waals surface area contributed by atoms with Crippen LogP contribution in [0.3, 0.4) is 0 Å². The largest absolute Gasteiger partial charge is 0.416 e. The number of carbonyl (C=O) groups excluding carboxylic acids is 1. The van der Waals surface area contributed by atoms with Crippen molar-refractivity contribution in [2.45, 2.75) is 18.0 Å². The van der Waals surface area contributed by atoms with Crippen LogP contribution in [0.5, 0.6) is 0 Å². The second kappa shape index (κ2) is 5.85. The normalized spacial score (nSPS) is 12.2. The number of aryl methyl sites for hydroxylation is 1. The minimum atomic E-state index is -4.58. The molecule has 0 unspecified atom stereocenters. The molecule has 5 nitrogen and oxygen atoms in total. The first-order valence-corrected chi connectivity index (χ1v) is 8.41. The van der Waals surface area contributed by atoms with Crippen molar-refractivity contribution in [3.63, 3.8) is 0 Å². The van der Waals surface area contributed by atoms with Crippen LogP contribution in [0.4, 0.5) is 18.9 Å². The number of alkyl halides is 3. The molecule has 0 aliphatic heterocycles. The second-order valence-corrected chi connectivity index (χ2v) is 7.49. The summed E-state index contributed by atoms with van der Waals surface area (Å²) in [6.07, 6.45) is -4.58. The Morgan fingerprint density at radius 2 is 1.91 bits per heavy atom. The van der Waals surface area contributed by atoms with Gasteiger partial charge in [0.05, 0.1) is 10.4 Å². The number of carbonyl (C=O) groups is 1. The summed E-state index contributed by atoms with van der Waals surface area (Å²) in [6.45, 7) is 1.47. The zero-order valence-electron chi connectivity index (χ0n) is 11.6. The molecule has 23 heavy (non-hydrogen) atoms. The van der Waals surface area contributed by atoms with Crippen molar-refractivity contribution >= 4 is 33.0 Å². The van der Waals surface area contributed by atoms with Gasteiger partial charge >= 0.3 is 6.18 Å². The maximum Gasteiger partial charge on any atom is 0.416 e. The first kappa shape index (κ1) is 17.3. The standard InChI is InChI=1S/C13H11F3N2O3S2/c1-7-11(6-10(22-7)12(17)19)23(20,21)18-9-4-2-3-8(5-9)13(14,15)16/h2-6,18H,1H3,(H2,17,19). The molecule has 0 bridgehead atoms. The fourth-order valence-corrected chi connectivity index (χ4v) is 4.32. The number of halogens is 3. The van der Waals surface area contributed by atoms with Crippen molar-refractivity contribution in [1.82, 2.24) is 0 Å². The summed E-state index contributed by atoms with van der Waals surface area (Å²) in [5.41, 5.74) is 3.89. The predicted molar refractivity (Wildman–Crippen MR) is 79.8 cm³/mol. The average Bonchev–Trinajstić information content (AvgIpc) is 2.81. The SMILES string of the molecule is Cc1sc(C(N)=O)cc1S(=O)(=O)Nc1cccc(C(F)(F)F)c1. The summed E-state index contributed by atoms with van der Waals surface area (Å²) in [4.78, 5) is 11.3. The van der Waals surface area contributed by atoms with Crippen LogP contribution in [0.25, 0.3) is 0 Å². The lowest BCUT2D eigenvalue weighted by molar-refractivity contribution is -0.137. The van der Waals surface area contributed by atoms with Gasteiger partial charge in [0.1, 0.15) is 4.90 Å². The fourth-order valence-electron chi connectivity index (χ4n) is 1.82. The number of anilines is 1. The third kappa shape index (κ3) is 3.82. The molecule has 0 fully saturated rings. The number of primary amides is 1. The molecule has 1 aromatic heterocycles. The number of rotatable bonds is 4. The lowest BCUT2D eigenvalue weighted by Gasteiger charge is -2.11. The van der Waals surface area contributed by atoms with E-state index in [9.17, 15) is 26.4 Å². The number of thiophene rings is 1.